The normalized spacial score (nSPS) is 23.2. The number of aliphatic hydroxyl groups is 1. The van der Waals surface area contributed by atoms with Crippen LogP contribution in [0.15, 0.2) is 84.9 Å². The second-order valence-electron chi connectivity index (χ2n) is 7.58. The van der Waals surface area contributed by atoms with Crippen molar-refractivity contribution in [3.05, 3.63) is 101 Å². The van der Waals surface area contributed by atoms with Crippen LogP contribution in [0.3, 0.4) is 0 Å². The number of anilines is 1. The number of thiocarbonyl (C=S) groups is 1. The van der Waals surface area contributed by atoms with Gasteiger partial charge in [-0.15, -0.1) is 0 Å². The van der Waals surface area contributed by atoms with Gasteiger partial charge in [-0.1, -0.05) is 72.3 Å². The number of rotatable bonds is 4. The lowest BCUT2D eigenvalue weighted by atomic mass is 9.76. The highest BCUT2D eigenvalue weighted by Crippen LogP contribution is 2.49. The van der Waals surface area contributed by atoms with Gasteiger partial charge in [0, 0.05) is 16.3 Å². The maximum atomic E-state index is 14.8. The molecule has 4 nitrogen and oxygen atoms in total. The Morgan fingerprint density at radius 3 is 2.06 bits per heavy atom. The van der Waals surface area contributed by atoms with Crippen LogP contribution in [-0.2, 0) is 0 Å². The second-order valence-corrected chi connectivity index (χ2v) is 8.40. The molecule has 0 spiro atoms. The molecule has 9 heteroatoms. The molecular formula is C24H18ClF3N2O2S. The van der Waals surface area contributed by atoms with Crippen LogP contribution in [-0.4, -0.2) is 27.9 Å². The number of hydrogen-bond acceptors (Lipinski definition) is 3. The molecular weight excluding hydrogens is 473 g/mol. The molecule has 4 rings (SSSR count). The molecule has 0 aromatic heterocycles. The van der Waals surface area contributed by atoms with Gasteiger partial charge in [-0.05, 0) is 42.0 Å². The van der Waals surface area contributed by atoms with Crippen molar-refractivity contribution < 1.29 is 23.1 Å². The molecule has 3 aromatic rings. The van der Waals surface area contributed by atoms with E-state index in [-0.39, 0.29) is 16.4 Å². The summed E-state index contributed by atoms with van der Waals surface area (Å²) in [5.74, 6) is -2.88. The maximum absolute atomic E-state index is 14.8. The standard InChI is InChI=1S/C24H18ClF3N2O2S/c25-17-13-11-15(12-14-17)20-19(21(31)16-7-3-1-4-8-16)23(32,24(26,27)28)30(22(33)29-20)18-9-5-2-6-10-18/h1-14,19-20,32H,(H,29,33)/t19-,20-,23+/m0/s1. The number of benzene rings is 3. The van der Waals surface area contributed by atoms with Gasteiger partial charge in [-0.2, -0.15) is 13.2 Å². The average molecular weight is 491 g/mol. The fraction of sp³-hybridized carbons (Fsp3) is 0.167. The highest BCUT2D eigenvalue weighted by atomic mass is 35.5. The first-order chi connectivity index (χ1) is 15.6. The topological polar surface area (TPSA) is 52.6 Å². The van der Waals surface area contributed by atoms with E-state index >= 15 is 0 Å². The molecule has 1 aliphatic heterocycles. The van der Waals surface area contributed by atoms with Crippen LogP contribution in [0.4, 0.5) is 18.9 Å². The minimum atomic E-state index is -5.24. The average Bonchev–Trinajstić information content (AvgIpc) is 2.79. The number of alkyl halides is 3. The minimum Gasteiger partial charge on any atom is -0.362 e. The lowest BCUT2D eigenvalue weighted by molar-refractivity contribution is -0.274. The van der Waals surface area contributed by atoms with Crippen LogP contribution in [0.1, 0.15) is 22.0 Å². The highest BCUT2D eigenvalue weighted by Gasteiger charge is 2.69. The Morgan fingerprint density at radius 2 is 1.52 bits per heavy atom. The number of carbonyl (C=O) groups excluding carboxylic acids is 1. The second kappa shape index (κ2) is 8.78. The molecule has 1 saturated heterocycles. The zero-order chi connectivity index (χ0) is 23.8. The molecule has 0 unspecified atom stereocenters. The number of nitrogens with one attached hydrogen (secondary N) is 1. The van der Waals surface area contributed by atoms with E-state index in [1.807, 2.05) is 0 Å². The Balaban J connectivity index is 1.96. The maximum Gasteiger partial charge on any atom is 0.437 e. The van der Waals surface area contributed by atoms with E-state index in [4.69, 9.17) is 23.8 Å². The van der Waals surface area contributed by atoms with Gasteiger partial charge in [-0.3, -0.25) is 9.69 Å². The van der Waals surface area contributed by atoms with Gasteiger partial charge in [0.05, 0.1) is 6.04 Å². The Kier molecular flexibility index (Phi) is 6.18. The molecule has 0 bridgehead atoms. The van der Waals surface area contributed by atoms with E-state index in [1.165, 1.54) is 60.7 Å². The SMILES string of the molecule is O=C(c1ccccc1)[C@@H]1[C@H](c2ccc(Cl)cc2)NC(=S)N(c2ccccc2)[C@]1(O)C(F)(F)F. The third-order valence-electron chi connectivity index (χ3n) is 5.59. The van der Waals surface area contributed by atoms with E-state index in [0.29, 0.717) is 15.5 Å². The van der Waals surface area contributed by atoms with Crippen molar-refractivity contribution in [2.75, 3.05) is 4.90 Å². The van der Waals surface area contributed by atoms with Gasteiger partial charge >= 0.3 is 6.18 Å². The number of hydrogen-bond donors (Lipinski definition) is 2. The van der Waals surface area contributed by atoms with Crippen molar-refractivity contribution >= 4 is 40.4 Å². The molecule has 3 atom stereocenters. The number of para-hydroxylation sites is 1. The Hall–Kier alpha value is -2.94. The zero-order valence-corrected chi connectivity index (χ0v) is 18.5. The predicted octanol–water partition coefficient (Wildman–Crippen LogP) is 5.53. The van der Waals surface area contributed by atoms with Gasteiger partial charge in [0.1, 0.15) is 5.92 Å². The lowest BCUT2D eigenvalue weighted by Crippen LogP contribution is -2.74. The van der Waals surface area contributed by atoms with Crippen molar-refractivity contribution in [3.8, 4) is 0 Å². The van der Waals surface area contributed by atoms with E-state index in [2.05, 4.69) is 5.32 Å². The summed E-state index contributed by atoms with van der Waals surface area (Å²) in [6.45, 7) is 0. The van der Waals surface area contributed by atoms with Crippen molar-refractivity contribution in [1.82, 2.24) is 5.32 Å². The van der Waals surface area contributed by atoms with Crippen LogP contribution >= 0.6 is 23.8 Å². The number of ketones is 1. The van der Waals surface area contributed by atoms with Gasteiger partial charge in [0.2, 0.25) is 0 Å². The zero-order valence-electron chi connectivity index (χ0n) is 17.0. The Morgan fingerprint density at radius 1 is 0.970 bits per heavy atom. The van der Waals surface area contributed by atoms with Crippen molar-refractivity contribution in [3.63, 3.8) is 0 Å². The first-order valence-corrected chi connectivity index (χ1v) is 10.7. The summed E-state index contributed by atoms with van der Waals surface area (Å²) in [5, 5.41) is 14.4. The summed E-state index contributed by atoms with van der Waals surface area (Å²) in [6, 6.07) is 19.8. The van der Waals surface area contributed by atoms with Crippen molar-refractivity contribution in [2.45, 2.75) is 17.9 Å². The number of nitrogens with zero attached hydrogens (tertiary/aromatic N) is 1. The van der Waals surface area contributed by atoms with Crippen LogP contribution in [0.2, 0.25) is 5.02 Å². The monoisotopic (exact) mass is 490 g/mol. The number of Topliss-reactive ketones (excluding diaryl/α,β-unsaturated/α-hetero) is 1. The largest absolute Gasteiger partial charge is 0.437 e. The summed E-state index contributed by atoms with van der Waals surface area (Å²) in [5.41, 5.74) is -3.28. The van der Waals surface area contributed by atoms with Crippen LogP contribution in [0.5, 0.6) is 0 Å². The quantitative estimate of drug-likeness (QED) is 0.372. The summed E-state index contributed by atoms with van der Waals surface area (Å²) in [7, 11) is 0. The van der Waals surface area contributed by atoms with Gasteiger partial charge in [0.15, 0.2) is 10.9 Å². The molecule has 0 aliphatic carbocycles. The van der Waals surface area contributed by atoms with Crippen LogP contribution < -0.4 is 10.2 Å². The molecule has 0 saturated carbocycles. The van der Waals surface area contributed by atoms with Gasteiger partial charge < -0.3 is 10.4 Å². The molecule has 2 N–H and O–H groups in total. The molecule has 0 amide bonds. The van der Waals surface area contributed by atoms with Crippen LogP contribution in [0, 0.1) is 5.92 Å². The smallest absolute Gasteiger partial charge is 0.362 e. The van der Waals surface area contributed by atoms with E-state index < -0.39 is 29.6 Å². The van der Waals surface area contributed by atoms with E-state index in [0.717, 1.165) is 0 Å². The fourth-order valence-electron chi connectivity index (χ4n) is 4.06. The molecule has 1 aliphatic rings. The molecule has 1 heterocycles. The first kappa shape index (κ1) is 23.2. The summed E-state index contributed by atoms with van der Waals surface area (Å²) in [4.78, 5) is 14.2. The van der Waals surface area contributed by atoms with Gasteiger partial charge in [0.25, 0.3) is 5.72 Å². The number of halogens is 4. The van der Waals surface area contributed by atoms with E-state index in [9.17, 15) is 23.1 Å². The summed E-state index contributed by atoms with van der Waals surface area (Å²) < 4.78 is 44.3. The first-order valence-electron chi connectivity index (χ1n) is 9.94. The third kappa shape index (κ3) is 4.10. The summed E-state index contributed by atoms with van der Waals surface area (Å²) >= 11 is 11.3. The van der Waals surface area contributed by atoms with Gasteiger partial charge in [-0.25, -0.2) is 0 Å². The predicted molar refractivity (Wildman–Crippen MR) is 124 cm³/mol. The Labute approximate surface area is 198 Å². The fourth-order valence-corrected chi connectivity index (χ4v) is 4.56. The third-order valence-corrected chi connectivity index (χ3v) is 6.14. The van der Waals surface area contributed by atoms with Crippen molar-refractivity contribution in [2.24, 2.45) is 5.92 Å². The number of carbonyl (C=O) groups is 1. The molecule has 1 fully saturated rings. The van der Waals surface area contributed by atoms with Crippen LogP contribution in [0.25, 0.3) is 0 Å². The highest BCUT2D eigenvalue weighted by molar-refractivity contribution is 7.80. The lowest BCUT2D eigenvalue weighted by Gasteiger charge is -2.52. The molecule has 170 valence electrons. The minimum absolute atomic E-state index is 0.00440. The van der Waals surface area contributed by atoms with E-state index in [1.54, 1.807) is 24.3 Å². The van der Waals surface area contributed by atoms with Crippen molar-refractivity contribution in [1.29, 1.82) is 0 Å². The summed E-state index contributed by atoms with van der Waals surface area (Å²) in [6.07, 6.45) is -5.24. The molecule has 3 aromatic carbocycles. The Bertz CT molecular complexity index is 1160. The molecule has 33 heavy (non-hydrogen) atoms. The molecule has 0 radical (unpaired) electrons.